The highest BCUT2D eigenvalue weighted by Crippen LogP contribution is 2.25. The van der Waals surface area contributed by atoms with Gasteiger partial charge in [-0.15, -0.1) is 0 Å². The number of piperidine rings is 1. The van der Waals surface area contributed by atoms with Crippen molar-refractivity contribution in [3.05, 3.63) is 29.8 Å². The molecule has 0 unspecified atom stereocenters. The van der Waals surface area contributed by atoms with Crippen LogP contribution < -0.4 is 0 Å². The van der Waals surface area contributed by atoms with Crippen molar-refractivity contribution in [2.24, 2.45) is 5.92 Å². The van der Waals surface area contributed by atoms with Gasteiger partial charge in [-0.1, -0.05) is 6.92 Å². The first-order valence-corrected chi connectivity index (χ1v) is 7.30. The second kappa shape index (κ2) is 4.93. The standard InChI is InChI=1S/C12H15F2NO2S/c1-9-4-6-15(7-5-9)18(16,17)12-8-10(13)2-3-11(12)14/h2-3,8-9H,4-7H2,1H3. The van der Waals surface area contributed by atoms with Crippen LogP contribution in [0, 0.1) is 17.6 Å². The van der Waals surface area contributed by atoms with Crippen LogP contribution in [-0.2, 0) is 10.0 Å². The van der Waals surface area contributed by atoms with Gasteiger partial charge in [-0.05, 0) is 37.0 Å². The molecule has 2 rings (SSSR count). The van der Waals surface area contributed by atoms with Gasteiger partial charge in [-0.3, -0.25) is 0 Å². The Morgan fingerprint density at radius 3 is 2.44 bits per heavy atom. The second-order valence-corrected chi connectivity index (χ2v) is 6.57. The highest BCUT2D eigenvalue weighted by molar-refractivity contribution is 7.89. The van der Waals surface area contributed by atoms with E-state index < -0.39 is 26.6 Å². The summed E-state index contributed by atoms with van der Waals surface area (Å²) in [4.78, 5) is -0.572. The maximum Gasteiger partial charge on any atom is 0.246 e. The van der Waals surface area contributed by atoms with Crippen molar-refractivity contribution in [3.63, 3.8) is 0 Å². The predicted molar refractivity (Wildman–Crippen MR) is 63.5 cm³/mol. The molecule has 1 fully saturated rings. The smallest absolute Gasteiger partial charge is 0.207 e. The van der Waals surface area contributed by atoms with Crippen molar-refractivity contribution in [1.29, 1.82) is 0 Å². The lowest BCUT2D eigenvalue weighted by molar-refractivity contribution is 0.287. The Balaban J connectivity index is 2.33. The Morgan fingerprint density at radius 1 is 1.22 bits per heavy atom. The van der Waals surface area contributed by atoms with Crippen LogP contribution in [-0.4, -0.2) is 25.8 Å². The molecule has 1 aromatic rings. The lowest BCUT2D eigenvalue weighted by Crippen LogP contribution is -2.38. The van der Waals surface area contributed by atoms with Crippen molar-refractivity contribution in [2.45, 2.75) is 24.7 Å². The van der Waals surface area contributed by atoms with E-state index in [4.69, 9.17) is 0 Å². The van der Waals surface area contributed by atoms with Gasteiger partial charge in [0.15, 0.2) is 0 Å². The molecular weight excluding hydrogens is 260 g/mol. The van der Waals surface area contributed by atoms with Crippen molar-refractivity contribution in [3.8, 4) is 0 Å². The van der Waals surface area contributed by atoms with E-state index in [1.165, 1.54) is 4.31 Å². The summed E-state index contributed by atoms with van der Waals surface area (Å²) >= 11 is 0. The van der Waals surface area contributed by atoms with Crippen LogP contribution in [0.2, 0.25) is 0 Å². The van der Waals surface area contributed by atoms with Gasteiger partial charge >= 0.3 is 0 Å². The molecular formula is C12H15F2NO2S. The molecule has 1 aliphatic rings. The van der Waals surface area contributed by atoms with Gasteiger partial charge in [-0.2, -0.15) is 4.31 Å². The number of rotatable bonds is 2. The molecule has 100 valence electrons. The molecule has 1 heterocycles. The number of halogens is 2. The first kappa shape index (κ1) is 13.4. The third-order valence-corrected chi connectivity index (χ3v) is 5.17. The van der Waals surface area contributed by atoms with E-state index in [0.717, 1.165) is 31.0 Å². The maximum atomic E-state index is 13.5. The van der Waals surface area contributed by atoms with E-state index in [9.17, 15) is 17.2 Å². The zero-order chi connectivity index (χ0) is 13.3. The highest BCUT2D eigenvalue weighted by Gasteiger charge is 2.30. The molecule has 1 saturated heterocycles. The van der Waals surface area contributed by atoms with Crippen molar-refractivity contribution >= 4 is 10.0 Å². The SMILES string of the molecule is CC1CCN(S(=O)(=O)c2cc(F)ccc2F)CC1. The summed E-state index contributed by atoms with van der Waals surface area (Å²) < 4.78 is 52.2. The van der Waals surface area contributed by atoms with Crippen LogP contribution in [0.4, 0.5) is 8.78 Å². The van der Waals surface area contributed by atoms with E-state index >= 15 is 0 Å². The summed E-state index contributed by atoms with van der Waals surface area (Å²) in [6.07, 6.45) is 1.49. The third-order valence-electron chi connectivity index (χ3n) is 3.25. The number of hydrogen-bond donors (Lipinski definition) is 0. The van der Waals surface area contributed by atoms with Gasteiger partial charge in [0, 0.05) is 13.1 Å². The van der Waals surface area contributed by atoms with Crippen molar-refractivity contribution in [2.75, 3.05) is 13.1 Å². The topological polar surface area (TPSA) is 37.4 Å². The minimum atomic E-state index is -3.92. The van der Waals surface area contributed by atoms with Gasteiger partial charge in [0.25, 0.3) is 0 Å². The predicted octanol–water partition coefficient (Wildman–Crippen LogP) is 2.39. The molecule has 1 aliphatic heterocycles. The lowest BCUT2D eigenvalue weighted by atomic mass is 10.0. The summed E-state index contributed by atoms with van der Waals surface area (Å²) in [6, 6.07) is 2.49. The zero-order valence-electron chi connectivity index (χ0n) is 10.1. The number of benzene rings is 1. The van der Waals surface area contributed by atoms with Gasteiger partial charge in [-0.25, -0.2) is 17.2 Å². The monoisotopic (exact) mass is 275 g/mol. The summed E-state index contributed by atoms with van der Waals surface area (Å²) in [5, 5.41) is 0. The Morgan fingerprint density at radius 2 is 1.83 bits per heavy atom. The maximum absolute atomic E-state index is 13.5. The van der Waals surface area contributed by atoms with E-state index in [1.807, 2.05) is 6.92 Å². The molecule has 0 aromatic heterocycles. The van der Waals surface area contributed by atoms with Crippen LogP contribution in [0.15, 0.2) is 23.1 Å². The van der Waals surface area contributed by atoms with Crippen LogP contribution >= 0.6 is 0 Å². The molecule has 0 saturated carbocycles. The molecule has 0 N–H and O–H groups in total. The fourth-order valence-electron chi connectivity index (χ4n) is 2.04. The van der Waals surface area contributed by atoms with Crippen molar-refractivity contribution < 1.29 is 17.2 Å². The van der Waals surface area contributed by atoms with E-state index in [2.05, 4.69) is 0 Å². The van der Waals surface area contributed by atoms with Gasteiger partial charge < -0.3 is 0 Å². The summed E-state index contributed by atoms with van der Waals surface area (Å²) in [5.41, 5.74) is 0. The lowest BCUT2D eigenvalue weighted by Gasteiger charge is -2.29. The first-order chi connectivity index (χ1) is 8.41. The molecule has 6 heteroatoms. The Bertz CT molecular complexity index is 537. The van der Waals surface area contributed by atoms with Gasteiger partial charge in [0.1, 0.15) is 16.5 Å². The molecule has 0 radical (unpaired) electrons. The van der Waals surface area contributed by atoms with E-state index in [-0.39, 0.29) is 0 Å². The van der Waals surface area contributed by atoms with E-state index in [0.29, 0.717) is 19.0 Å². The molecule has 3 nitrogen and oxygen atoms in total. The summed E-state index contributed by atoms with van der Waals surface area (Å²) in [7, 11) is -3.92. The molecule has 0 atom stereocenters. The fourth-order valence-corrected chi connectivity index (χ4v) is 3.58. The quantitative estimate of drug-likeness (QED) is 0.831. The minimum Gasteiger partial charge on any atom is -0.207 e. The summed E-state index contributed by atoms with van der Waals surface area (Å²) in [6.45, 7) is 2.77. The molecule has 1 aromatic carbocycles. The molecule has 0 bridgehead atoms. The minimum absolute atomic E-state index is 0.361. The molecule has 0 spiro atoms. The Kier molecular flexibility index (Phi) is 3.68. The van der Waals surface area contributed by atoms with Crippen molar-refractivity contribution in [1.82, 2.24) is 4.31 Å². The van der Waals surface area contributed by atoms with Crippen LogP contribution in [0.1, 0.15) is 19.8 Å². The van der Waals surface area contributed by atoms with Crippen LogP contribution in [0.3, 0.4) is 0 Å². The van der Waals surface area contributed by atoms with Crippen LogP contribution in [0.25, 0.3) is 0 Å². The molecule has 18 heavy (non-hydrogen) atoms. The highest BCUT2D eigenvalue weighted by atomic mass is 32.2. The third kappa shape index (κ3) is 2.54. The molecule has 0 aliphatic carbocycles. The normalized spacial score (nSPS) is 19.1. The van der Waals surface area contributed by atoms with Gasteiger partial charge in [0.05, 0.1) is 0 Å². The number of sulfonamides is 1. The average molecular weight is 275 g/mol. The number of nitrogens with zero attached hydrogens (tertiary/aromatic N) is 1. The Labute approximate surface area is 105 Å². The van der Waals surface area contributed by atoms with Gasteiger partial charge in [0.2, 0.25) is 10.0 Å². The largest absolute Gasteiger partial charge is 0.246 e. The molecule has 0 amide bonds. The number of hydrogen-bond acceptors (Lipinski definition) is 2. The Hall–Kier alpha value is -1.01. The van der Waals surface area contributed by atoms with Crippen LogP contribution in [0.5, 0.6) is 0 Å². The average Bonchev–Trinajstić information content (AvgIpc) is 2.32. The zero-order valence-corrected chi connectivity index (χ0v) is 10.9. The first-order valence-electron chi connectivity index (χ1n) is 5.86. The second-order valence-electron chi connectivity index (χ2n) is 4.66. The van der Waals surface area contributed by atoms with E-state index in [1.54, 1.807) is 0 Å². The fraction of sp³-hybridized carbons (Fsp3) is 0.500. The summed E-state index contributed by atoms with van der Waals surface area (Å²) in [5.74, 6) is -1.19.